The van der Waals surface area contributed by atoms with E-state index in [4.69, 9.17) is 0 Å². The van der Waals surface area contributed by atoms with Gasteiger partial charge in [-0.3, -0.25) is 4.98 Å². The Morgan fingerprint density at radius 3 is 2.44 bits per heavy atom. The van der Waals surface area contributed by atoms with Crippen LogP contribution >= 0.6 is 0 Å². The Bertz CT molecular complexity index is 451. The number of hydrogen-bond acceptors (Lipinski definition) is 2. The lowest BCUT2D eigenvalue weighted by Crippen LogP contribution is -2.13. The molecule has 2 aromatic rings. The van der Waals surface area contributed by atoms with Gasteiger partial charge in [-0.15, -0.1) is 0 Å². The van der Waals surface area contributed by atoms with Crippen LogP contribution in [0.15, 0.2) is 54.9 Å². The highest BCUT2D eigenvalue weighted by Crippen LogP contribution is 2.25. The molecule has 0 fully saturated rings. The number of nitrogens with one attached hydrogen (secondary N) is 1. The second-order valence-electron chi connectivity index (χ2n) is 4.98. The molecule has 1 N–H and O–H groups in total. The van der Waals surface area contributed by atoms with E-state index < -0.39 is 0 Å². The molecule has 0 saturated heterocycles. The van der Waals surface area contributed by atoms with Gasteiger partial charge >= 0.3 is 0 Å². The lowest BCUT2D eigenvalue weighted by Gasteiger charge is -2.22. The smallest absolute Gasteiger partial charge is 0.0531 e. The summed E-state index contributed by atoms with van der Waals surface area (Å²) in [5, 5.41) is 3.56. The fourth-order valence-corrected chi connectivity index (χ4v) is 2.08. The SMILES string of the molecule is CC(C)CC(Nc1cccnc1)c1ccccc1. The van der Waals surface area contributed by atoms with Crippen molar-refractivity contribution in [2.45, 2.75) is 26.3 Å². The Hall–Kier alpha value is -1.83. The zero-order valence-electron chi connectivity index (χ0n) is 11.0. The van der Waals surface area contributed by atoms with Crippen molar-refractivity contribution in [2.75, 3.05) is 5.32 Å². The van der Waals surface area contributed by atoms with Gasteiger partial charge in [-0.1, -0.05) is 44.2 Å². The highest BCUT2D eigenvalue weighted by Gasteiger charge is 2.12. The normalized spacial score (nSPS) is 12.4. The van der Waals surface area contributed by atoms with E-state index in [0.717, 1.165) is 12.1 Å². The largest absolute Gasteiger partial charge is 0.377 e. The average Bonchev–Trinajstić information content (AvgIpc) is 2.40. The Morgan fingerprint density at radius 1 is 1.06 bits per heavy atom. The van der Waals surface area contributed by atoms with E-state index in [2.05, 4.69) is 60.5 Å². The first kappa shape index (κ1) is 12.6. The van der Waals surface area contributed by atoms with E-state index in [9.17, 15) is 0 Å². The van der Waals surface area contributed by atoms with Crippen LogP contribution in [0, 0.1) is 5.92 Å². The van der Waals surface area contributed by atoms with Crippen molar-refractivity contribution in [3.05, 3.63) is 60.4 Å². The summed E-state index contributed by atoms with van der Waals surface area (Å²) in [5.41, 5.74) is 2.40. The molecule has 94 valence electrons. The van der Waals surface area contributed by atoms with Crippen LogP contribution in [0.4, 0.5) is 5.69 Å². The molecule has 0 saturated carbocycles. The van der Waals surface area contributed by atoms with Crippen LogP contribution in [0.1, 0.15) is 31.9 Å². The zero-order chi connectivity index (χ0) is 12.8. The number of rotatable bonds is 5. The van der Waals surface area contributed by atoms with Gasteiger partial charge in [0.05, 0.1) is 11.7 Å². The van der Waals surface area contributed by atoms with Gasteiger partial charge in [-0.25, -0.2) is 0 Å². The van der Waals surface area contributed by atoms with Crippen molar-refractivity contribution in [1.29, 1.82) is 0 Å². The first-order valence-electron chi connectivity index (χ1n) is 6.47. The summed E-state index contributed by atoms with van der Waals surface area (Å²) in [6.07, 6.45) is 4.78. The molecular weight excluding hydrogens is 220 g/mol. The predicted molar refractivity (Wildman–Crippen MR) is 76.5 cm³/mol. The van der Waals surface area contributed by atoms with Gasteiger partial charge in [0.2, 0.25) is 0 Å². The van der Waals surface area contributed by atoms with Gasteiger partial charge in [-0.2, -0.15) is 0 Å². The maximum Gasteiger partial charge on any atom is 0.0531 e. The number of nitrogens with zero attached hydrogens (tertiary/aromatic N) is 1. The molecule has 0 spiro atoms. The second kappa shape index (κ2) is 6.20. The molecule has 1 unspecified atom stereocenters. The van der Waals surface area contributed by atoms with Gasteiger partial charge in [-0.05, 0) is 30.0 Å². The lowest BCUT2D eigenvalue weighted by molar-refractivity contribution is 0.531. The number of benzene rings is 1. The van der Waals surface area contributed by atoms with Crippen molar-refractivity contribution < 1.29 is 0 Å². The highest BCUT2D eigenvalue weighted by atomic mass is 14.9. The molecule has 1 atom stereocenters. The monoisotopic (exact) mass is 240 g/mol. The standard InChI is InChI=1S/C16H20N2/c1-13(2)11-16(14-7-4-3-5-8-14)18-15-9-6-10-17-12-15/h3-10,12-13,16,18H,11H2,1-2H3. The van der Waals surface area contributed by atoms with Crippen LogP contribution in [-0.4, -0.2) is 4.98 Å². The van der Waals surface area contributed by atoms with Gasteiger partial charge in [0, 0.05) is 12.4 Å². The maximum absolute atomic E-state index is 4.15. The fraction of sp³-hybridized carbons (Fsp3) is 0.312. The first-order valence-corrected chi connectivity index (χ1v) is 6.47. The molecule has 0 radical (unpaired) electrons. The van der Waals surface area contributed by atoms with E-state index in [1.165, 1.54) is 5.56 Å². The van der Waals surface area contributed by atoms with Gasteiger partial charge in [0.25, 0.3) is 0 Å². The quantitative estimate of drug-likeness (QED) is 0.843. The number of anilines is 1. The molecule has 0 amide bonds. The van der Waals surface area contributed by atoms with E-state index in [-0.39, 0.29) is 0 Å². The molecule has 1 aromatic heterocycles. The van der Waals surface area contributed by atoms with Crippen LogP contribution in [0.5, 0.6) is 0 Å². The van der Waals surface area contributed by atoms with Crippen LogP contribution in [0.2, 0.25) is 0 Å². The zero-order valence-corrected chi connectivity index (χ0v) is 11.0. The summed E-state index contributed by atoms with van der Waals surface area (Å²) >= 11 is 0. The summed E-state index contributed by atoms with van der Waals surface area (Å²) < 4.78 is 0. The van der Waals surface area contributed by atoms with Crippen molar-refractivity contribution >= 4 is 5.69 Å². The van der Waals surface area contributed by atoms with E-state index in [0.29, 0.717) is 12.0 Å². The third kappa shape index (κ3) is 3.59. The molecule has 2 heteroatoms. The number of hydrogen-bond donors (Lipinski definition) is 1. The average molecular weight is 240 g/mol. The topological polar surface area (TPSA) is 24.9 Å². The minimum absolute atomic E-state index is 0.343. The molecule has 0 bridgehead atoms. The molecule has 1 heterocycles. The summed E-state index contributed by atoms with van der Waals surface area (Å²) in [7, 11) is 0. The van der Waals surface area contributed by atoms with Gasteiger partial charge in [0.1, 0.15) is 0 Å². The van der Waals surface area contributed by atoms with E-state index in [1.807, 2.05) is 12.3 Å². The molecule has 0 aliphatic carbocycles. The second-order valence-corrected chi connectivity index (χ2v) is 4.98. The molecule has 2 rings (SSSR count). The third-order valence-corrected chi connectivity index (χ3v) is 2.91. The molecule has 0 aliphatic rings. The van der Waals surface area contributed by atoms with Gasteiger partial charge < -0.3 is 5.32 Å². The molecular formula is C16H20N2. The highest BCUT2D eigenvalue weighted by molar-refractivity contribution is 5.42. The van der Waals surface area contributed by atoms with Crippen molar-refractivity contribution in [3.8, 4) is 0 Å². The molecule has 18 heavy (non-hydrogen) atoms. The summed E-state index contributed by atoms with van der Waals surface area (Å²) in [6, 6.07) is 15.0. The number of aromatic nitrogens is 1. The van der Waals surface area contributed by atoms with Crippen LogP contribution in [0.25, 0.3) is 0 Å². The van der Waals surface area contributed by atoms with Crippen molar-refractivity contribution in [3.63, 3.8) is 0 Å². The third-order valence-electron chi connectivity index (χ3n) is 2.91. The van der Waals surface area contributed by atoms with E-state index in [1.54, 1.807) is 6.20 Å². The first-order chi connectivity index (χ1) is 8.75. The minimum Gasteiger partial charge on any atom is -0.377 e. The maximum atomic E-state index is 4.15. The van der Waals surface area contributed by atoms with Gasteiger partial charge in [0.15, 0.2) is 0 Å². The molecule has 0 aliphatic heterocycles. The molecule has 2 nitrogen and oxygen atoms in total. The van der Waals surface area contributed by atoms with E-state index >= 15 is 0 Å². The Kier molecular flexibility index (Phi) is 4.35. The minimum atomic E-state index is 0.343. The van der Waals surface area contributed by atoms with Crippen LogP contribution in [-0.2, 0) is 0 Å². The lowest BCUT2D eigenvalue weighted by atomic mass is 9.97. The number of pyridine rings is 1. The predicted octanol–water partition coefficient (Wildman–Crippen LogP) is 4.28. The Morgan fingerprint density at radius 2 is 1.83 bits per heavy atom. The summed E-state index contributed by atoms with van der Waals surface area (Å²) in [6.45, 7) is 4.50. The Balaban J connectivity index is 2.16. The van der Waals surface area contributed by atoms with Crippen LogP contribution in [0.3, 0.4) is 0 Å². The van der Waals surface area contributed by atoms with Crippen molar-refractivity contribution in [2.24, 2.45) is 5.92 Å². The fourth-order valence-electron chi connectivity index (χ4n) is 2.08. The van der Waals surface area contributed by atoms with Crippen LogP contribution < -0.4 is 5.32 Å². The molecule has 1 aromatic carbocycles. The van der Waals surface area contributed by atoms with Crippen molar-refractivity contribution in [1.82, 2.24) is 4.98 Å². The summed E-state index contributed by atoms with van der Waals surface area (Å²) in [4.78, 5) is 4.15. The Labute approximate surface area is 109 Å². The summed E-state index contributed by atoms with van der Waals surface area (Å²) in [5.74, 6) is 0.652.